The Balaban J connectivity index is 2.10. The second-order valence-electron chi connectivity index (χ2n) is 4.67. The van der Waals surface area contributed by atoms with Crippen LogP contribution in [0, 0.1) is 5.82 Å². The summed E-state index contributed by atoms with van der Waals surface area (Å²) >= 11 is 0. The molecule has 102 valence electrons. The summed E-state index contributed by atoms with van der Waals surface area (Å²) in [5, 5.41) is 3.33. The minimum absolute atomic E-state index is 0.171. The van der Waals surface area contributed by atoms with Crippen molar-refractivity contribution in [2.75, 3.05) is 31.6 Å². The quantitative estimate of drug-likeness (QED) is 0.677. The van der Waals surface area contributed by atoms with Crippen LogP contribution in [-0.4, -0.2) is 26.7 Å². The van der Waals surface area contributed by atoms with Gasteiger partial charge in [-0.05, 0) is 50.2 Å². The smallest absolute Gasteiger partial charge is 0.123 e. The minimum Gasteiger partial charge on any atom is -0.375 e. The molecule has 18 heavy (non-hydrogen) atoms. The third kappa shape index (κ3) is 6.01. The Morgan fingerprint density at radius 2 is 1.72 bits per heavy atom. The summed E-state index contributed by atoms with van der Waals surface area (Å²) in [5.74, 6) is -0.171. The van der Waals surface area contributed by atoms with Gasteiger partial charge in [0.1, 0.15) is 5.82 Å². The van der Waals surface area contributed by atoms with Crippen LogP contribution in [0.15, 0.2) is 24.3 Å². The summed E-state index contributed by atoms with van der Waals surface area (Å²) in [6.07, 6.45) is 5.00. The molecule has 1 aromatic rings. The lowest BCUT2D eigenvalue weighted by Gasteiger charge is -2.19. The topological polar surface area (TPSA) is 15.3 Å². The van der Waals surface area contributed by atoms with Gasteiger partial charge in [-0.3, -0.25) is 0 Å². The second kappa shape index (κ2) is 8.92. The average Bonchev–Trinajstić information content (AvgIpc) is 2.38. The molecule has 0 aliphatic carbocycles. The van der Waals surface area contributed by atoms with Crippen LogP contribution in [0.5, 0.6) is 0 Å². The number of unbranched alkanes of at least 4 members (excludes halogenated alkanes) is 3. The molecular weight excluding hydrogens is 227 g/mol. The summed E-state index contributed by atoms with van der Waals surface area (Å²) in [5.41, 5.74) is 1.09. The lowest BCUT2D eigenvalue weighted by atomic mass is 10.2. The molecule has 0 atom stereocenters. The van der Waals surface area contributed by atoms with E-state index in [2.05, 4.69) is 24.2 Å². The fourth-order valence-corrected chi connectivity index (χ4v) is 1.95. The molecule has 0 saturated carbocycles. The molecule has 0 amide bonds. The van der Waals surface area contributed by atoms with Crippen molar-refractivity contribution >= 4 is 5.69 Å². The molecule has 0 heterocycles. The van der Waals surface area contributed by atoms with E-state index >= 15 is 0 Å². The van der Waals surface area contributed by atoms with Gasteiger partial charge in [-0.25, -0.2) is 4.39 Å². The van der Waals surface area contributed by atoms with Crippen molar-refractivity contribution in [1.82, 2.24) is 5.32 Å². The number of benzene rings is 1. The van der Waals surface area contributed by atoms with Crippen LogP contribution < -0.4 is 10.2 Å². The molecule has 0 bridgehead atoms. The van der Waals surface area contributed by atoms with E-state index < -0.39 is 0 Å². The summed E-state index contributed by atoms with van der Waals surface area (Å²) < 4.78 is 12.8. The number of anilines is 1. The van der Waals surface area contributed by atoms with Crippen molar-refractivity contribution < 1.29 is 4.39 Å². The summed E-state index contributed by atoms with van der Waals surface area (Å²) in [7, 11) is 2.06. The number of hydrogen-bond acceptors (Lipinski definition) is 2. The first kappa shape index (κ1) is 15.0. The third-order valence-corrected chi connectivity index (χ3v) is 3.11. The normalized spacial score (nSPS) is 10.6. The largest absolute Gasteiger partial charge is 0.375 e. The maximum atomic E-state index is 12.8. The summed E-state index contributed by atoms with van der Waals surface area (Å²) in [6.45, 7) is 5.36. The van der Waals surface area contributed by atoms with E-state index in [9.17, 15) is 4.39 Å². The maximum Gasteiger partial charge on any atom is 0.123 e. The third-order valence-electron chi connectivity index (χ3n) is 3.11. The van der Waals surface area contributed by atoms with Gasteiger partial charge in [-0.15, -0.1) is 0 Å². The molecular formula is C15H25FN2. The van der Waals surface area contributed by atoms with Gasteiger partial charge in [0.05, 0.1) is 0 Å². The fourth-order valence-electron chi connectivity index (χ4n) is 1.95. The van der Waals surface area contributed by atoms with Gasteiger partial charge in [-0.2, -0.15) is 0 Å². The number of nitrogens with zero attached hydrogens (tertiary/aromatic N) is 1. The second-order valence-corrected chi connectivity index (χ2v) is 4.67. The van der Waals surface area contributed by atoms with E-state index in [1.54, 1.807) is 0 Å². The molecule has 0 fully saturated rings. The van der Waals surface area contributed by atoms with Crippen LogP contribution in [0.3, 0.4) is 0 Å². The van der Waals surface area contributed by atoms with Crippen LogP contribution in [0.1, 0.15) is 32.6 Å². The maximum absolute atomic E-state index is 12.8. The predicted molar refractivity (Wildman–Crippen MR) is 76.7 cm³/mol. The van der Waals surface area contributed by atoms with Crippen LogP contribution in [0.4, 0.5) is 10.1 Å². The van der Waals surface area contributed by atoms with Gasteiger partial charge in [0.25, 0.3) is 0 Å². The van der Waals surface area contributed by atoms with Crippen molar-refractivity contribution in [2.24, 2.45) is 0 Å². The number of rotatable bonds is 9. The van der Waals surface area contributed by atoms with E-state index in [4.69, 9.17) is 0 Å². The number of nitrogens with one attached hydrogen (secondary N) is 1. The molecule has 0 aliphatic heterocycles. The molecule has 0 spiro atoms. The SMILES string of the molecule is CCNCCCCCCN(C)c1ccc(F)cc1. The molecule has 0 aromatic heterocycles. The van der Waals surface area contributed by atoms with Crippen LogP contribution in [0.2, 0.25) is 0 Å². The van der Waals surface area contributed by atoms with Crippen LogP contribution in [-0.2, 0) is 0 Å². The molecule has 0 saturated heterocycles. The highest BCUT2D eigenvalue weighted by molar-refractivity contribution is 5.45. The van der Waals surface area contributed by atoms with Crippen LogP contribution >= 0.6 is 0 Å². The minimum atomic E-state index is -0.171. The Bertz CT molecular complexity index is 311. The zero-order valence-electron chi connectivity index (χ0n) is 11.6. The van der Waals surface area contributed by atoms with Crippen molar-refractivity contribution in [3.8, 4) is 0 Å². The molecule has 0 radical (unpaired) electrons. The van der Waals surface area contributed by atoms with Crippen molar-refractivity contribution in [3.63, 3.8) is 0 Å². The Labute approximate surface area is 110 Å². The van der Waals surface area contributed by atoms with Gasteiger partial charge in [0, 0.05) is 19.3 Å². The van der Waals surface area contributed by atoms with Gasteiger partial charge >= 0.3 is 0 Å². The zero-order chi connectivity index (χ0) is 13.2. The van der Waals surface area contributed by atoms with Crippen LogP contribution in [0.25, 0.3) is 0 Å². The standard InChI is InChI=1S/C15H25FN2/c1-3-17-12-6-4-5-7-13-18(2)15-10-8-14(16)9-11-15/h8-11,17H,3-7,12-13H2,1-2H3. The number of hydrogen-bond donors (Lipinski definition) is 1. The Morgan fingerprint density at radius 1 is 1.06 bits per heavy atom. The van der Waals surface area contributed by atoms with E-state index in [-0.39, 0.29) is 5.82 Å². The first-order chi connectivity index (χ1) is 8.74. The molecule has 3 heteroatoms. The van der Waals surface area contributed by atoms with E-state index in [0.717, 1.165) is 25.3 Å². The zero-order valence-corrected chi connectivity index (χ0v) is 11.6. The van der Waals surface area contributed by atoms with Crippen molar-refractivity contribution in [3.05, 3.63) is 30.1 Å². The molecule has 1 aromatic carbocycles. The van der Waals surface area contributed by atoms with E-state index in [1.807, 2.05) is 12.1 Å². The lowest BCUT2D eigenvalue weighted by Crippen LogP contribution is -2.18. The molecule has 1 N–H and O–H groups in total. The highest BCUT2D eigenvalue weighted by Crippen LogP contribution is 2.14. The summed E-state index contributed by atoms with van der Waals surface area (Å²) in [6, 6.07) is 6.70. The van der Waals surface area contributed by atoms with E-state index in [0.29, 0.717) is 0 Å². The molecule has 0 aliphatic rings. The van der Waals surface area contributed by atoms with Gasteiger partial charge < -0.3 is 10.2 Å². The Kier molecular flexibility index (Phi) is 7.42. The molecule has 1 rings (SSSR count). The summed E-state index contributed by atoms with van der Waals surface area (Å²) in [4.78, 5) is 2.18. The monoisotopic (exact) mass is 252 g/mol. The Morgan fingerprint density at radius 3 is 2.39 bits per heavy atom. The Hall–Kier alpha value is -1.09. The van der Waals surface area contributed by atoms with Crippen molar-refractivity contribution in [2.45, 2.75) is 32.6 Å². The average molecular weight is 252 g/mol. The fraction of sp³-hybridized carbons (Fsp3) is 0.600. The van der Waals surface area contributed by atoms with Gasteiger partial charge in [-0.1, -0.05) is 19.8 Å². The highest BCUT2D eigenvalue weighted by atomic mass is 19.1. The van der Waals surface area contributed by atoms with Gasteiger partial charge in [0.15, 0.2) is 0 Å². The predicted octanol–water partition coefficient (Wildman–Crippen LogP) is 3.43. The van der Waals surface area contributed by atoms with E-state index in [1.165, 1.54) is 37.8 Å². The van der Waals surface area contributed by atoms with Crippen molar-refractivity contribution in [1.29, 1.82) is 0 Å². The lowest BCUT2D eigenvalue weighted by molar-refractivity contribution is 0.597. The first-order valence-electron chi connectivity index (χ1n) is 6.91. The first-order valence-corrected chi connectivity index (χ1v) is 6.91. The molecule has 2 nitrogen and oxygen atoms in total. The van der Waals surface area contributed by atoms with Gasteiger partial charge in [0.2, 0.25) is 0 Å². The molecule has 0 unspecified atom stereocenters. The number of halogens is 1. The highest BCUT2D eigenvalue weighted by Gasteiger charge is 2.00.